The number of aromatic nitrogens is 3. The number of carbonyl (C=O) groups is 1. The number of hydrogen-bond donors (Lipinski definition) is 1. The summed E-state index contributed by atoms with van der Waals surface area (Å²) in [6.45, 7) is 0.453. The minimum absolute atomic E-state index is 0.221. The minimum atomic E-state index is -0.304. The number of rotatable bonds is 4. The van der Waals surface area contributed by atoms with Gasteiger partial charge in [-0.3, -0.25) is 14.6 Å². The SMILES string of the molecule is Cn1nc(C(=O)NCCc2ccc3ccccc3n2)ccc1=O. The maximum absolute atomic E-state index is 12.0. The third-order valence-electron chi connectivity index (χ3n) is 3.52. The summed E-state index contributed by atoms with van der Waals surface area (Å²) >= 11 is 0. The number of pyridine rings is 1. The number of hydrogen-bond acceptors (Lipinski definition) is 4. The van der Waals surface area contributed by atoms with Gasteiger partial charge in [0.05, 0.1) is 5.52 Å². The number of carbonyl (C=O) groups excluding carboxylic acids is 1. The van der Waals surface area contributed by atoms with Crippen molar-refractivity contribution in [3.63, 3.8) is 0 Å². The molecule has 1 aromatic carbocycles. The molecule has 0 atom stereocenters. The van der Waals surface area contributed by atoms with Gasteiger partial charge in [0.15, 0.2) is 0 Å². The second-order valence-electron chi connectivity index (χ2n) is 5.18. The van der Waals surface area contributed by atoms with Gasteiger partial charge in [0, 0.05) is 37.2 Å². The van der Waals surface area contributed by atoms with Gasteiger partial charge in [0.1, 0.15) is 5.69 Å². The quantitative estimate of drug-likeness (QED) is 0.788. The first-order valence-corrected chi connectivity index (χ1v) is 7.31. The van der Waals surface area contributed by atoms with E-state index < -0.39 is 0 Å². The molecule has 3 rings (SSSR count). The number of benzene rings is 1. The maximum Gasteiger partial charge on any atom is 0.271 e. The van der Waals surface area contributed by atoms with Gasteiger partial charge in [-0.15, -0.1) is 0 Å². The monoisotopic (exact) mass is 308 g/mol. The number of amides is 1. The van der Waals surface area contributed by atoms with Crippen LogP contribution in [0.1, 0.15) is 16.2 Å². The van der Waals surface area contributed by atoms with Crippen LogP contribution in [-0.4, -0.2) is 27.2 Å². The predicted octanol–water partition coefficient (Wildman–Crippen LogP) is 1.30. The van der Waals surface area contributed by atoms with Crippen molar-refractivity contribution in [1.29, 1.82) is 0 Å². The molecular formula is C17H16N4O2. The molecule has 0 unspecified atom stereocenters. The third-order valence-corrected chi connectivity index (χ3v) is 3.52. The largest absolute Gasteiger partial charge is 0.350 e. The Hall–Kier alpha value is -3.02. The Morgan fingerprint density at radius 2 is 1.96 bits per heavy atom. The molecule has 0 saturated heterocycles. The second kappa shape index (κ2) is 6.39. The standard InChI is InChI=1S/C17H16N4O2/c1-21-16(22)9-8-15(20-21)17(23)18-11-10-13-7-6-12-4-2-3-5-14(12)19-13/h2-9H,10-11H2,1H3,(H,18,23). The molecule has 1 N–H and O–H groups in total. The lowest BCUT2D eigenvalue weighted by atomic mass is 10.2. The van der Waals surface area contributed by atoms with Gasteiger partial charge in [-0.25, -0.2) is 4.68 Å². The summed E-state index contributed by atoms with van der Waals surface area (Å²) in [5, 5.41) is 7.79. The first kappa shape index (κ1) is 14.9. The van der Waals surface area contributed by atoms with Crippen molar-refractivity contribution < 1.29 is 4.79 Å². The number of nitrogens with one attached hydrogen (secondary N) is 1. The van der Waals surface area contributed by atoms with E-state index in [1.807, 2.05) is 36.4 Å². The van der Waals surface area contributed by atoms with Gasteiger partial charge >= 0.3 is 0 Å². The zero-order valence-corrected chi connectivity index (χ0v) is 12.7. The van der Waals surface area contributed by atoms with Crippen molar-refractivity contribution in [1.82, 2.24) is 20.1 Å². The Morgan fingerprint density at radius 1 is 1.13 bits per heavy atom. The molecule has 6 heteroatoms. The summed E-state index contributed by atoms with van der Waals surface area (Å²) in [7, 11) is 1.51. The average Bonchev–Trinajstić information content (AvgIpc) is 2.57. The molecule has 23 heavy (non-hydrogen) atoms. The van der Waals surface area contributed by atoms with Crippen LogP contribution in [0, 0.1) is 0 Å². The Morgan fingerprint density at radius 3 is 2.78 bits per heavy atom. The van der Waals surface area contributed by atoms with E-state index in [4.69, 9.17) is 0 Å². The van der Waals surface area contributed by atoms with Crippen LogP contribution in [0.3, 0.4) is 0 Å². The van der Waals surface area contributed by atoms with Crippen LogP contribution in [0.4, 0.5) is 0 Å². The van der Waals surface area contributed by atoms with Crippen LogP contribution in [0.25, 0.3) is 10.9 Å². The van der Waals surface area contributed by atoms with Crippen LogP contribution >= 0.6 is 0 Å². The molecule has 0 aliphatic rings. The predicted molar refractivity (Wildman–Crippen MR) is 87.3 cm³/mol. The molecule has 0 saturated carbocycles. The fourth-order valence-corrected chi connectivity index (χ4v) is 2.27. The fraction of sp³-hybridized carbons (Fsp3) is 0.176. The van der Waals surface area contributed by atoms with Crippen molar-refractivity contribution in [3.05, 3.63) is 70.3 Å². The van der Waals surface area contributed by atoms with Gasteiger partial charge in [-0.2, -0.15) is 5.10 Å². The summed E-state index contributed by atoms with van der Waals surface area (Å²) in [5.41, 5.74) is 1.83. The van der Waals surface area contributed by atoms with Gasteiger partial charge in [0.25, 0.3) is 11.5 Å². The lowest BCUT2D eigenvalue weighted by Gasteiger charge is -2.06. The molecule has 3 aromatic rings. The zero-order valence-electron chi connectivity index (χ0n) is 12.7. The van der Waals surface area contributed by atoms with E-state index in [9.17, 15) is 9.59 Å². The topological polar surface area (TPSA) is 76.9 Å². The van der Waals surface area contributed by atoms with Crippen molar-refractivity contribution >= 4 is 16.8 Å². The van der Waals surface area contributed by atoms with Gasteiger partial charge in [0.2, 0.25) is 0 Å². The first-order valence-electron chi connectivity index (χ1n) is 7.31. The van der Waals surface area contributed by atoms with Crippen molar-refractivity contribution in [3.8, 4) is 0 Å². The number of aryl methyl sites for hydroxylation is 1. The molecule has 0 bridgehead atoms. The smallest absolute Gasteiger partial charge is 0.271 e. The molecule has 6 nitrogen and oxygen atoms in total. The van der Waals surface area contributed by atoms with Gasteiger partial charge in [-0.1, -0.05) is 24.3 Å². The van der Waals surface area contributed by atoms with E-state index in [1.165, 1.54) is 19.2 Å². The summed E-state index contributed by atoms with van der Waals surface area (Å²) in [6, 6.07) is 14.6. The Labute approximate surface area is 132 Å². The summed E-state index contributed by atoms with van der Waals surface area (Å²) in [4.78, 5) is 27.8. The van der Waals surface area contributed by atoms with Gasteiger partial charge in [-0.05, 0) is 18.2 Å². The van der Waals surface area contributed by atoms with E-state index >= 15 is 0 Å². The van der Waals surface area contributed by atoms with Crippen LogP contribution in [-0.2, 0) is 13.5 Å². The highest BCUT2D eigenvalue weighted by molar-refractivity contribution is 5.92. The summed E-state index contributed by atoms with van der Waals surface area (Å²) in [6.07, 6.45) is 0.627. The molecule has 0 spiro atoms. The van der Waals surface area contributed by atoms with E-state index in [0.717, 1.165) is 21.3 Å². The van der Waals surface area contributed by atoms with Crippen molar-refractivity contribution in [2.75, 3.05) is 6.54 Å². The lowest BCUT2D eigenvalue weighted by Crippen LogP contribution is -2.29. The summed E-state index contributed by atoms with van der Waals surface area (Å²) < 4.78 is 1.14. The summed E-state index contributed by atoms with van der Waals surface area (Å²) in [5.74, 6) is -0.304. The highest BCUT2D eigenvalue weighted by Gasteiger charge is 2.08. The molecule has 0 radical (unpaired) electrons. The Kier molecular flexibility index (Phi) is 4.14. The Balaban J connectivity index is 1.62. The van der Waals surface area contributed by atoms with Crippen molar-refractivity contribution in [2.24, 2.45) is 7.05 Å². The maximum atomic E-state index is 12.0. The lowest BCUT2D eigenvalue weighted by molar-refractivity contribution is 0.0947. The van der Waals surface area contributed by atoms with E-state index in [-0.39, 0.29) is 17.2 Å². The van der Waals surface area contributed by atoms with Crippen LogP contribution in [0.15, 0.2) is 53.3 Å². The molecule has 2 heterocycles. The van der Waals surface area contributed by atoms with E-state index in [1.54, 1.807) is 0 Å². The van der Waals surface area contributed by atoms with E-state index in [2.05, 4.69) is 15.4 Å². The minimum Gasteiger partial charge on any atom is -0.350 e. The second-order valence-corrected chi connectivity index (χ2v) is 5.18. The van der Waals surface area contributed by atoms with Gasteiger partial charge < -0.3 is 5.32 Å². The molecule has 0 fully saturated rings. The number of fused-ring (bicyclic) bond motifs is 1. The molecule has 0 aliphatic carbocycles. The number of para-hydroxylation sites is 1. The average molecular weight is 308 g/mol. The normalized spacial score (nSPS) is 10.7. The van der Waals surface area contributed by atoms with Crippen LogP contribution in [0.5, 0.6) is 0 Å². The Bertz CT molecular complexity index is 918. The molecule has 0 aliphatic heterocycles. The highest BCUT2D eigenvalue weighted by Crippen LogP contribution is 2.11. The van der Waals surface area contributed by atoms with Crippen molar-refractivity contribution in [2.45, 2.75) is 6.42 Å². The molecule has 2 aromatic heterocycles. The zero-order chi connectivity index (χ0) is 16.2. The highest BCUT2D eigenvalue weighted by atomic mass is 16.2. The van der Waals surface area contributed by atoms with Crippen LogP contribution < -0.4 is 10.9 Å². The molecular weight excluding hydrogens is 292 g/mol. The first-order chi connectivity index (χ1) is 11.1. The fourth-order valence-electron chi connectivity index (χ4n) is 2.27. The van der Waals surface area contributed by atoms with E-state index in [0.29, 0.717) is 13.0 Å². The number of nitrogens with zero attached hydrogens (tertiary/aromatic N) is 3. The van der Waals surface area contributed by atoms with Crippen LogP contribution in [0.2, 0.25) is 0 Å². The third kappa shape index (κ3) is 3.42. The molecule has 116 valence electrons. The molecule has 1 amide bonds.